The minimum absolute atomic E-state index is 0.302. The zero-order valence-electron chi connectivity index (χ0n) is 11.8. The monoisotopic (exact) mass is 315 g/mol. The number of esters is 1. The van der Waals surface area contributed by atoms with Crippen molar-refractivity contribution >= 4 is 39.8 Å². The van der Waals surface area contributed by atoms with E-state index >= 15 is 0 Å². The molecule has 1 aliphatic carbocycles. The summed E-state index contributed by atoms with van der Waals surface area (Å²) in [5.74, 6) is -0.0970. The molecule has 20 heavy (non-hydrogen) atoms. The van der Waals surface area contributed by atoms with E-state index in [4.69, 9.17) is 16.3 Å². The van der Waals surface area contributed by atoms with Crippen LogP contribution in [0.5, 0.6) is 0 Å². The number of thiophene rings is 1. The fourth-order valence-electron chi connectivity index (χ4n) is 2.37. The van der Waals surface area contributed by atoms with Gasteiger partial charge in [0.05, 0.1) is 12.7 Å². The predicted octanol–water partition coefficient (Wildman–Crippen LogP) is 3.23. The first-order chi connectivity index (χ1) is 9.43. The highest BCUT2D eigenvalue weighted by atomic mass is 35.5. The highest BCUT2D eigenvalue weighted by Gasteiger charge is 2.29. The first kappa shape index (κ1) is 15.3. The molecular formula is C14H18ClNO3S. The van der Waals surface area contributed by atoms with Gasteiger partial charge in [-0.25, -0.2) is 4.79 Å². The number of methoxy groups -OCH3 is 1. The maximum Gasteiger partial charge on any atom is 0.341 e. The number of halogens is 1. The van der Waals surface area contributed by atoms with E-state index in [9.17, 15) is 9.59 Å². The molecule has 2 rings (SSSR count). The van der Waals surface area contributed by atoms with Gasteiger partial charge in [0.15, 0.2) is 0 Å². The fraction of sp³-hybridized carbons (Fsp3) is 0.571. The number of ether oxygens (including phenoxy) is 1. The van der Waals surface area contributed by atoms with E-state index in [0.29, 0.717) is 16.5 Å². The molecule has 0 spiro atoms. The van der Waals surface area contributed by atoms with Crippen LogP contribution in [-0.2, 0) is 22.4 Å². The van der Waals surface area contributed by atoms with E-state index < -0.39 is 11.3 Å². The minimum Gasteiger partial charge on any atom is -0.465 e. The Hall–Kier alpha value is -1.07. The molecule has 2 atom stereocenters. The second-order valence-corrected chi connectivity index (χ2v) is 6.91. The highest BCUT2D eigenvalue weighted by Crippen LogP contribution is 2.40. The molecule has 1 aromatic rings. The van der Waals surface area contributed by atoms with E-state index in [1.165, 1.54) is 23.3 Å². The SMILES string of the molecule is COC(=O)c1c(NC(=O)[C@@H](C)Cl)sc2c1CC[C@@H](C)C2. The summed E-state index contributed by atoms with van der Waals surface area (Å²) in [6.07, 6.45) is 2.84. The average molecular weight is 316 g/mol. The Labute approximate surface area is 127 Å². The van der Waals surface area contributed by atoms with Gasteiger partial charge in [-0.3, -0.25) is 4.79 Å². The average Bonchev–Trinajstić information content (AvgIpc) is 2.74. The number of carbonyl (C=O) groups is 2. The molecule has 1 aliphatic rings. The van der Waals surface area contributed by atoms with Crippen molar-refractivity contribution in [1.82, 2.24) is 0 Å². The molecule has 1 heterocycles. The van der Waals surface area contributed by atoms with Crippen LogP contribution < -0.4 is 5.32 Å². The van der Waals surface area contributed by atoms with Crippen LogP contribution in [-0.4, -0.2) is 24.4 Å². The fourth-order valence-corrected chi connectivity index (χ4v) is 3.82. The van der Waals surface area contributed by atoms with Crippen molar-refractivity contribution < 1.29 is 14.3 Å². The molecule has 0 aromatic carbocycles. The largest absolute Gasteiger partial charge is 0.465 e. The number of nitrogens with one attached hydrogen (secondary N) is 1. The van der Waals surface area contributed by atoms with E-state index in [-0.39, 0.29) is 5.91 Å². The van der Waals surface area contributed by atoms with Crippen LogP contribution in [0, 0.1) is 5.92 Å². The zero-order valence-corrected chi connectivity index (χ0v) is 13.4. The minimum atomic E-state index is -0.640. The number of amides is 1. The van der Waals surface area contributed by atoms with Gasteiger partial charge in [-0.1, -0.05) is 6.92 Å². The van der Waals surface area contributed by atoms with Crippen LogP contribution in [0.2, 0.25) is 0 Å². The molecule has 110 valence electrons. The summed E-state index contributed by atoms with van der Waals surface area (Å²) in [7, 11) is 1.35. The van der Waals surface area contributed by atoms with Gasteiger partial charge in [-0.2, -0.15) is 0 Å². The van der Waals surface area contributed by atoms with Gasteiger partial charge in [0.1, 0.15) is 10.4 Å². The second kappa shape index (κ2) is 6.14. The van der Waals surface area contributed by atoms with Crippen molar-refractivity contribution in [1.29, 1.82) is 0 Å². The third-order valence-electron chi connectivity index (χ3n) is 3.50. The standard InChI is InChI=1S/C14H18ClNO3S/c1-7-4-5-9-10(6-7)20-13(11(9)14(18)19-3)16-12(17)8(2)15/h7-8H,4-6H2,1-3H3,(H,16,17)/t7-,8-/m1/s1. The number of hydrogen-bond donors (Lipinski definition) is 1. The lowest BCUT2D eigenvalue weighted by Crippen LogP contribution is -2.21. The van der Waals surface area contributed by atoms with Crippen LogP contribution in [0.25, 0.3) is 0 Å². The molecule has 6 heteroatoms. The molecule has 4 nitrogen and oxygen atoms in total. The van der Waals surface area contributed by atoms with Gasteiger partial charge >= 0.3 is 5.97 Å². The van der Waals surface area contributed by atoms with Crippen molar-refractivity contribution in [3.8, 4) is 0 Å². The van der Waals surface area contributed by atoms with Crippen molar-refractivity contribution in [3.05, 3.63) is 16.0 Å². The molecule has 0 fully saturated rings. The first-order valence-electron chi connectivity index (χ1n) is 6.61. The molecule has 0 aliphatic heterocycles. The molecule has 0 saturated heterocycles. The van der Waals surface area contributed by atoms with Crippen LogP contribution >= 0.6 is 22.9 Å². The van der Waals surface area contributed by atoms with Gasteiger partial charge in [-0.15, -0.1) is 22.9 Å². The van der Waals surface area contributed by atoms with Gasteiger partial charge in [0.2, 0.25) is 5.91 Å². The van der Waals surface area contributed by atoms with E-state index in [0.717, 1.165) is 24.8 Å². The molecule has 1 N–H and O–H groups in total. The van der Waals surface area contributed by atoms with Crippen LogP contribution in [0.4, 0.5) is 5.00 Å². The molecule has 0 bridgehead atoms. The summed E-state index contributed by atoms with van der Waals surface area (Å²) in [4.78, 5) is 24.9. The summed E-state index contributed by atoms with van der Waals surface area (Å²) in [6.45, 7) is 3.80. The van der Waals surface area contributed by atoms with Crippen LogP contribution in [0.3, 0.4) is 0 Å². The Bertz CT molecular complexity index is 539. The van der Waals surface area contributed by atoms with Crippen molar-refractivity contribution in [2.45, 2.75) is 38.5 Å². The molecular weight excluding hydrogens is 298 g/mol. The van der Waals surface area contributed by atoms with Crippen LogP contribution in [0.15, 0.2) is 0 Å². The lowest BCUT2D eigenvalue weighted by atomic mass is 9.88. The number of alkyl halides is 1. The topological polar surface area (TPSA) is 55.4 Å². The normalized spacial score (nSPS) is 19.1. The third kappa shape index (κ3) is 2.99. The first-order valence-corrected chi connectivity index (χ1v) is 7.87. The van der Waals surface area contributed by atoms with Crippen molar-refractivity contribution in [3.63, 3.8) is 0 Å². The van der Waals surface area contributed by atoms with Gasteiger partial charge in [-0.05, 0) is 37.7 Å². The molecule has 1 aromatic heterocycles. The van der Waals surface area contributed by atoms with E-state index in [1.807, 2.05) is 0 Å². The Kier molecular flexibility index (Phi) is 4.70. The molecule has 1 amide bonds. The Balaban J connectivity index is 2.40. The Morgan fingerprint density at radius 3 is 2.80 bits per heavy atom. The summed E-state index contributed by atoms with van der Waals surface area (Å²) >= 11 is 7.23. The Morgan fingerprint density at radius 2 is 2.20 bits per heavy atom. The smallest absolute Gasteiger partial charge is 0.341 e. The van der Waals surface area contributed by atoms with Crippen LogP contribution in [0.1, 0.15) is 41.1 Å². The number of anilines is 1. The maximum absolute atomic E-state index is 12.0. The zero-order chi connectivity index (χ0) is 14.9. The molecule has 0 radical (unpaired) electrons. The van der Waals surface area contributed by atoms with E-state index in [2.05, 4.69) is 12.2 Å². The lowest BCUT2D eigenvalue weighted by molar-refractivity contribution is -0.115. The summed E-state index contributed by atoms with van der Waals surface area (Å²) in [6, 6.07) is 0. The highest BCUT2D eigenvalue weighted by molar-refractivity contribution is 7.17. The van der Waals surface area contributed by atoms with Crippen molar-refractivity contribution in [2.75, 3.05) is 12.4 Å². The second-order valence-electron chi connectivity index (χ2n) is 5.15. The third-order valence-corrected chi connectivity index (χ3v) is 4.87. The van der Waals surface area contributed by atoms with Gasteiger partial charge < -0.3 is 10.1 Å². The number of fused-ring (bicyclic) bond motifs is 1. The van der Waals surface area contributed by atoms with Gasteiger partial charge in [0, 0.05) is 4.88 Å². The number of carbonyl (C=O) groups excluding carboxylic acids is 2. The predicted molar refractivity (Wildman–Crippen MR) is 80.8 cm³/mol. The number of hydrogen-bond acceptors (Lipinski definition) is 4. The summed E-state index contributed by atoms with van der Waals surface area (Å²) < 4.78 is 4.85. The lowest BCUT2D eigenvalue weighted by Gasteiger charge is -2.18. The maximum atomic E-state index is 12.0. The molecule has 0 saturated carbocycles. The summed E-state index contributed by atoms with van der Waals surface area (Å²) in [5, 5.41) is 2.67. The number of rotatable bonds is 3. The van der Waals surface area contributed by atoms with E-state index in [1.54, 1.807) is 6.92 Å². The van der Waals surface area contributed by atoms with Crippen molar-refractivity contribution in [2.24, 2.45) is 5.92 Å². The van der Waals surface area contributed by atoms with Gasteiger partial charge in [0.25, 0.3) is 0 Å². The quantitative estimate of drug-likeness (QED) is 0.688. The summed E-state index contributed by atoms with van der Waals surface area (Å²) in [5.41, 5.74) is 1.53. The molecule has 0 unspecified atom stereocenters. The Morgan fingerprint density at radius 1 is 1.50 bits per heavy atom.